The lowest BCUT2D eigenvalue weighted by atomic mass is 10.0. The van der Waals surface area contributed by atoms with Crippen LogP contribution in [-0.4, -0.2) is 46.8 Å². The van der Waals surface area contributed by atoms with Gasteiger partial charge in [-0.3, -0.25) is 9.59 Å². The van der Waals surface area contributed by atoms with Crippen molar-refractivity contribution >= 4 is 11.8 Å². The zero-order valence-electron chi connectivity index (χ0n) is 11.8. The van der Waals surface area contributed by atoms with Crippen molar-refractivity contribution in [2.75, 3.05) is 13.1 Å². The Morgan fingerprint density at radius 1 is 1.16 bits per heavy atom. The highest BCUT2D eigenvalue weighted by atomic mass is 16.2. The minimum Gasteiger partial charge on any atom is -0.329 e. The molecule has 106 valence electrons. The van der Waals surface area contributed by atoms with Crippen LogP contribution in [0.25, 0.3) is 0 Å². The number of hydrogen-bond acceptors (Lipinski definition) is 2. The van der Waals surface area contributed by atoms with Crippen molar-refractivity contribution in [3.63, 3.8) is 0 Å². The van der Waals surface area contributed by atoms with Crippen LogP contribution in [0, 0.1) is 5.92 Å². The first-order valence-corrected chi connectivity index (χ1v) is 7.83. The van der Waals surface area contributed by atoms with E-state index in [4.69, 9.17) is 0 Å². The molecule has 19 heavy (non-hydrogen) atoms. The standard InChI is InChI=1S/C15H24N2O2/c1-2-12-14(18)17-10-4-6-13(17)15(19)16(12)9-3-5-11-7-8-11/h11-13H,2-10H2,1H3. The van der Waals surface area contributed by atoms with Gasteiger partial charge in [0.2, 0.25) is 11.8 Å². The van der Waals surface area contributed by atoms with E-state index in [0.717, 1.165) is 44.7 Å². The van der Waals surface area contributed by atoms with Crippen molar-refractivity contribution in [1.82, 2.24) is 9.80 Å². The van der Waals surface area contributed by atoms with Crippen LogP contribution in [0.5, 0.6) is 0 Å². The van der Waals surface area contributed by atoms with Crippen LogP contribution in [-0.2, 0) is 9.59 Å². The second-order valence-corrected chi connectivity index (χ2v) is 6.23. The summed E-state index contributed by atoms with van der Waals surface area (Å²) in [7, 11) is 0. The molecule has 1 saturated carbocycles. The summed E-state index contributed by atoms with van der Waals surface area (Å²) in [5, 5.41) is 0. The van der Waals surface area contributed by atoms with Crippen molar-refractivity contribution < 1.29 is 9.59 Å². The van der Waals surface area contributed by atoms with Crippen molar-refractivity contribution in [3.05, 3.63) is 0 Å². The molecule has 0 spiro atoms. The zero-order chi connectivity index (χ0) is 13.4. The zero-order valence-corrected chi connectivity index (χ0v) is 11.8. The first kappa shape index (κ1) is 12.9. The fourth-order valence-corrected chi connectivity index (χ4v) is 3.57. The molecule has 1 aliphatic carbocycles. The molecular formula is C15H24N2O2. The molecule has 2 aliphatic heterocycles. The van der Waals surface area contributed by atoms with Gasteiger partial charge in [0.05, 0.1) is 0 Å². The quantitative estimate of drug-likeness (QED) is 0.759. The third kappa shape index (κ3) is 2.37. The third-order valence-electron chi connectivity index (χ3n) is 4.86. The molecule has 2 atom stereocenters. The lowest BCUT2D eigenvalue weighted by molar-refractivity contribution is -0.159. The fraction of sp³-hybridized carbons (Fsp3) is 0.867. The maximum absolute atomic E-state index is 12.5. The molecule has 4 heteroatoms. The number of rotatable bonds is 5. The molecule has 0 aromatic carbocycles. The highest BCUT2D eigenvalue weighted by Crippen LogP contribution is 2.34. The van der Waals surface area contributed by atoms with Gasteiger partial charge in [0, 0.05) is 13.1 Å². The van der Waals surface area contributed by atoms with Gasteiger partial charge in [-0.15, -0.1) is 0 Å². The number of hydrogen-bond donors (Lipinski definition) is 0. The van der Waals surface area contributed by atoms with Crippen molar-refractivity contribution in [2.45, 2.75) is 64.0 Å². The van der Waals surface area contributed by atoms with E-state index in [1.54, 1.807) is 0 Å². The summed E-state index contributed by atoms with van der Waals surface area (Å²) in [6.07, 6.45) is 7.60. The Hall–Kier alpha value is -1.06. The van der Waals surface area contributed by atoms with Crippen LogP contribution in [0.1, 0.15) is 51.9 Å². The molecule has 0 aromatic heterocycles. The van der Waals surface area contributed by atoms with E-state index < -0.39 is 0 Å². The second-order valence-electron chi connectivity index (χ2n) is 6.23. The van der Waals surface area contributed by atoms with Gasteiger partial charge >= 0.3 is 0 Å². The van der Waals surface area contributed by atoms with Gasteiger partial charge in [-0.25, -0.2) is 0 Å². The van der Waals surface area contributed by atoms with Gasteiger partial charge in [-0.1, -0.05) is 19.8 Å². The largest absolute Gasteiger partial charge is 0.329 e. The summed E-state index contributed by atoms with van der Waals surface area (Å²) in [5.41, 5.74) is 0. The van der Waals surface area contributed by atoms with Crippen LogP contribution in [0.4, 0.5) is 0 Å². The normalized spacial score (nSPS) is 31.0. The van der Waals surface area contributed by atoms with Gasteiger partial charge in [-0.2, -0.15) is 0 Å². The summed E-state index contributed by atoms with van der Waals surface area (Å²) in [5.74, 6) is 1.30. The predicted octanol–water partition coefficient (Wildman–Crippen LogP) is 1.79. The highest BCUT2D eigenvalue weighted by Gasteiger charge is 2.46. The summed E-state index contributed by atoms with van der Waals surface area (Å²) >= 11 is 0. The Morgan fingerprint density at radius 3 is 2.63 bits per heavy atom. The Morgan fingerprint density at radius 2 is 1.95 bits per heavy atom. The van der Waals surface area contributed by atoms with Gasteiger partial charge in [0.25, 0.3) is 0 Å². The molecule has 2 heterocycles. The summed E-state index contributed by atoms with van der Waals surface area (Å²) in [4.78, 5) is 28.7. The topological polar surface area (TPSA) is 40.6 Å². The molecular weight excluding hydrogens is 240 g/mol. The van der Waals surface area contributed by atoms with Crippen LogP contribution >= 0.6 is 0 Å². The van der Waals surface area contributed by atoms with Crippen LogP contribution in [0.3, 0.4) is 0 Å². The third-order valence-corrected chi connectivity index (χ3v) is 4.86. The first-order chi connectivity index (χ1) is 9.22. The summed E-state index contributed by atoms with van der Waals surface area (Å²) in [6.45, 7) is 3.58. The maximum Gasteiger partial charge on any atom is 0.246 e. The van der Waals surface area contributed by atoms with Crippen molar-refractivity contribution in [1.29, 1.82) is 0 Å². The molecule has 2 amide bonds. The van der Waals surface area contributed by atoms with Gasteiger partial charge in [-0.05, 0) is 38.0 Å². The van der Waals surface area contributed by atoms with E-state index in [2.05, 4.69) is 0 Å². The van der Waals surface area contributed by atoms with Gasteiger partial charge < -0.3 is 9.80 Å². The second kappa shape index (κ2) is 5.14. The van der Waals surface area contributed by atoms with Crippen LogP contribution in [0.2, 0.25) is 0 Å². The predicted molar refractivity (Wildman–Crippen MR) is 72.5 cm³/mol. The van der Waals surface area contributed by atoms with Crippen LogP contribution < -0.4 is 0 Å². The molecule has 3 fully saturated rings. The van der Waals surface area contributed by atoms with E-state index in [-0.39, 0.29) is 23.9 Å². The molecule has 0 radical (unpaired) electrons. The SMILES string of the molecule is CCC1C(=O)N2CCCC2C(=O)N1CCCC1CC1. The molecule has 3 aliphatic rings. The highest BCUT2D eigenvalue weighted by molar-refractivity contribution is 5.97. The van der Waals surface area contributed by atoms with E-state index in [9.17, 15) is 9.59 Å². The maximum atomic E-state index is 12.5. The Balaban J connectivity index is 1.67. The van der Waals surface area contributed by atoms with E-state index >= 15 is 0 Å². The Labute approximate surface area is 115 Å². The molecule has 2 unspecified atom stereocenters. The first-order valence-electron chi connectivity index (χ1n) is 7.83. The Kier molecular flexibility index (Phi) is 3.50. The van der Waals surface area contributed by atoms with Crippen molar-refractivity contribution in [2.24, 2.45) is 5.92 Å². The van der Waals surface area contributed by atoms with Crippen molar-refractivity contribution in [3.8, 4) is 0 Å². The van der Waals surface area contributed by atoms with E-state index in [1.807, 2.05) is 16.7 Å². The number of nitrogens with zero attached hydrogens (tertiary/aromatic N) is 2. The molecule has 3 rings (SSSR count). The Bertz CT molecular complexity index is 378. The number of carbonyl (C=O) groups is 2. The molecule has 0 aromatic rings. The molecule has 0 bridgehead atoms. The average Bonchev–Trinajstić information content (AvgIpc) is 3.09. The minimum absolute atomic E-state index is 0.142. The number of fused-ring (bicyclic) bond motifs is 1. The summed E-state index contributed by atoms with van der Waals surface area (Å²) in [6, 6.07) is -0.336. The fourth-order valence-electron chi connectivity index (χ4n) is 3.57. The monoisotopic (exact) mass is 264 g/mol. The van der Waals surface area contributed by atoms with Gasteiger partial charge in [0.15, 0.2) is 0 Å². The molecule has 2 saturated heterocycles. The van der Waals surface area contributed by atoms with E-state index in [1.165, 1.54) is 19.3 Å². The number of piperazine rings is 1. The average molecular weight is 264 g/mol. The van der Waals surface area contributed by atoms with Gasteiger partial charge in [0.1, 0.15) is 12.1 Å². The number of amides is 2. The lowest BCUT2D eigenvalue weighted by Gasteiger charge is -2.42. The summed E-state index contributed by atoms with van der Waals surface area (Å²) < 4.78 is 0. The number of carbonyl (C=O) groups excluding carboxylic acids is 2. The van der Waals surface area contributed by atoms with Crippen LogP contribution in [0.15, 0.2) is 0 Å². The minimum atomic E-state index is -0.193. The lowest BCUT2D eigenvalue weighted by Crippen LogP contribution is -2.62. The smallest absolute Gasteiger partial charge is 0.246 e. The molecule has 4 nitrogen and oxygen atoms in total. The molecule has 0 N–H and O–H groups in total. The van der Waals surface area contributed by atoms with E-state index in [0.29, 0.717) is 0 Å².